The van der Waals surface area contributed by atoms with Gasteiger partial charge in [-0.15, -0.1) is 0 Å². The Balaban J connectivity index is 2.06. The fourth-order valence-electron chi connectivity index (χ4n) is 2.17. The number of likely N-dealkylation sites (tertiary alicyclic amines) is 1. The van der Waals surface area contributed by atoms with E-state index < -0.39 is 6.10 Å². The normalized spacial score (nSPS) is 25.8. The van der Waals surface area contributed by atoms with E-state index >= 15 is 0 Å². The molecule has 16 heavy (non-hydrogen) atoms. The van der Waals surface area contributed by atoms with E-state index in [1.54, 1.807) is 0 Å². The average molecular weight is 220 g/mol. The molecule has 2 atom stereocenters. The molecule has 0 aliphatic carbocycles. The average Bonchev–Trinajstić information content (AvgIpc) is 2.61. The van der Waals surface area contributed by atoms with Gasteiger partial charge in [0.1, 0.15) is 0 Å². The molecule has 0 bridgehead atoms. The summed E-state index contributed by atoms with van der Waals surface area (Å²) in [4.78, 5) is 13.2. The number of hydrogen-bond donors (Lipinski definition) is 2. The number of nitrogens with two attached hydrogens (primary N) is 1. The van der Waals surface area contributed by atoms with Crippen molar-refractivity contribution in [3.8, 4) is 0 Å². The molecule has 2 rings (SSSR count). The summed E-state index contributed by atoms with van der Waals surface area (Å²) in [6, 6.07) is 9.54. The molecule has 1 aromatic rings. The first-order chi connectivity index (χ1) is 7.66. The van der Waals surface area contributed by atoms with Gasteiger partial charge in [0.05, 0.1) is 12.1 Å². The van der Waals surface area contributed by atoms with E-state index in [-0.39, 0.29) is 11.9 Å². The van der Waals surface area contributed by atoms with Gasteiger partial charge in [0, 0.05) is 13.1 Å². The molecule has 1 fully saturated rings. The van der Waals surface area contributed by atoms with Gasteiger partial charge in [0.2, 0.25) is 5.91 Å². The zero-order chi connectivity index (χ0) is 11.5. The maximum Gasteiger partial charge on any atom is 0.234 e. The van der Waals surface area contributed by atoms with Crippen molar-refractivity contribution >= 4 is 5.91 Å². The first-order valence-corrected chi connectivity index (χ1v) is 5.42. The van der Waals surface area contributed by atoms with Crippen molar-refractivity contribution in [2.24, 2.45) is 5.73 Å². The Morgan fingerprint density at radius 3 is 2.75 bits per heavy atom. The Morgan fingerprint density at radius 1 is 1.44 bits per heavy atom. The van der Waals surface area contributed by atoms with Gasteiger partial charge >= 0.3 is 0 Å². The van der Waals surface area contributed by atoms with Crippen LogP contribution in [0.5, 0.6) is 0 Å². The fourth-order valence-corrected chi connectivity index (χ4v) is 2.17. The third kappa shape index (κ3) is 2.40. The van der Waals surface area contributed by atoms with Crippen LogP contribution in [0.15, 0.2) is 30.3 Å². The number of β-amino-alcohol motifs (C(OH)–C–C–N with tert-alkyl or cyclic N) is 1. The van der Waals surface area contributed by atoms with E-state index in [0.29, 0.717) is 19.5 Å². The lowest BCUT2D eigenvalue weighted by molar-refractivity contribution is -0.122. The molecule has 0 aromatic heterocycles. The van der Waals surface area contributed by atoms with Gasteiger partial charge in [0.25, 0.3) is 0 Å². The van der Waals surface area contributed by atoms with E-state index in [1.165, 1.54) is 0 Å². The second-order valence-electron chi connectivity index (χ2n) is 4.22. The lowest BCUT2D eigenvalue weighted by Gasteiger charge is -2.21. The summed E-state index contributed by atoms with van der Waals surface area (Å²) in [5, 5.41) is 9.55. The molecule has 1 heterocycles. The number of primary amides is 1. The third-order valence-electron chi connectivity index (χ3n) is 2.94. The maximum atomic E-state index is 11.2. The highest BCUT2D eigenvalue weighted by Crippen LogP contribution is 2.20. The quantitative estimate of drug-likeness (QED) is 0.759. The first-order valence-electron chi connectivity index (χ1n) is 5.42. The van der Waals surface area contributed by atoms with Crippen LogP contribution in [-0.2, 0) is 11.3 Å². The number of nitrogens with zero attached hydrogens (tertiary/aromatic N) is 1. The second kappa shape index (κ2) is 4.63. The van der Waals surface area contributed by atoms with Gasteiger partial charge in [-0.2, -0.15) is 0 Å². The SMILES string of the molecule is NC(=O)C1CC(O)CN1Cc1ccccc1. The first kappa shape index (κ1) is 11.1. The van der Waals surface area contributed by atoms with Crippen molar-refractivity contribution in [3.05, 3.63) is 35.9 Å². The Labute approximate surface area is 94.7 Å². The van der Waals surface area contributed by atoms with Crippen molar-refractivity contribution in [1.82, 2.24) is 4.90 Å². The molecule has 86 valence electrons. The van der Waals surface area contributed by atoms with E-state index in [4.69, 9.17) is 5.73 Å². The van der Waals surface area contributed by atoms with Crippen LogP contribution in [0, 0.1) is 0 Å². The molecule has 1 saturated heterocycles. The Hall–Kier alpha value is -1.39. The van der Waals surface area contributed by atoms with Crippen molar-refractivity contribution < 1.29 is 9.90 Å². The summed E-state index contributed by atoms with van der Waals surface area (Å²) in [7, 11) is 0. The summed E-state index contributed by atoms with van der Waals surface area (Å²) in [6.07, 6.45) is 0.00327. The van der Waals surface area contributed by atoms with Gasteiger partial charge in [-0.25, -0.2) is 0 Å². The number of rotatable bonds is 3. The number of benzene rings is 1. The van der Waals surface area contributed by atoms with Crippen LogP contribution >= 0.6 is 0 Å². The van der Waals surface area contributed by atoms with Gasteiger partial charge in [-0.05, 0) is 12.0 Å². The van der Waals surface area contributed by atoms with Gasteiger partial charge in [-0.3, -0.25) is 9.69 Å². The van der Waals surface area contributed by atoms with Crippen LogP contribution in [0.25, 0.3) is 0 Å². The Morgan fingerprint density at radius 2 is 2.12 bits per heavy atom. The highest BCUT2D eigenvalue weighted by atomic mass is 16.3. The van der Waals surface area contributed by atoms with Crippen molar-refractivity contribution in [3.63, 3.8) is 0 Å². The molecule has 4 nitrogen and oxygen atoms in total. The molecule has 1 amide bonds. The van der Waals surface area contributed by atoms with Crippen LogP contribution in [0.1, 0.15) is 12.0 Å². The van der Waals surface area contributed by atoms with Gasteiger partial charge in [0.15, 0.2) is 0 Å². The molecule has 1 aliphatic heterocycles. The van der Waals surface area contributed by atoms with E-state index in [2.05, 4.69) is 0 Å². The summed E-state index contributed by atoms with van der Waals surface area (Å²) < 4.78 is 0. The number of carbonyl (C=O) groups excluding carboxylic acids is 1. The number of carbonyl (C=O) groups is 1. The predicted octanol–water partition coefficient (Wildman–Crippen LogP) is 0.107. The predicted molar refractivity (Wildman–Crippen MR) is 60.5 cm³/mol. The second-order valence-corrected chi connectivity index (χ2v) is 4.22. The van der Waals surface area contributed by atoms with Crippen LogP contribution in [0.3, 0.4) is 0 Å². The summed E-state index contributed by atoms with van der Waals surface area (Å²) in [6.45, 7) is 1.17. The monoisotopic (exact) mass is 220 g/mol. The largest absolute Gasteiger partial charge is 0.392 e. The highest BCUT2D eigenvalue weighted by Gasteiger charge is 2.34. The molecule has 0 radical (unpaired) electrons. The minimum atomic E-state index is -0.443. The van der Waals surface area contributed by atoms with Crippen LogP contribution in [0.2, 0.25) is 0 Å². The van der Waals surface area contributed by atoms with Crippen molar-refractivity contribution in [2.75, 3.05) is 6.54 Å². The van der Waals surface area contributed by atoms with E-state index in [0.717, 1.165) is 5.56 Å². The zero-order valence-corrected chi connectivity index (χ0v) is 9.04. The highest BCUT2D eigenvalue weighted by molar-refractivity contribution is 5.80. The number of aliphatic hydroxyl groups excluding tert-OH is 1. The van der Waals surface area contributed by atoms with Crippen LogP contribution in [0.4, 0.5) is 0 Å². The molecular weight excluding hydrogens is 204 g/mol. The molecule has 0 saturated carbocycles. The minimum Gasteiger partial charge on any atom is -0.392 e. The summed E-state index contributed by atoms with van der Waals surface area (Å²) in [5.41, 5.74) is 6.44. The Kier molecular flexibility index (Phi) is 3.22. The lowest BCUT2D eigenvalue weighted by Crippen LogP contribution is -2.39. The molecule has 1 aliphatic rings. The standard InChI is InChI=1S/C12H16N2O2/c13-12(16)11-6-10(15)8-14(11)7-9-4-2-1-3-5-9/h1-5,10-11,15H,6-8H2,(H2,13,16). The molecule has 0 spiro atoms. The Bertz CT molecular complexity index is 367. The van der Waals surface area contributed by atoms with Crippen molar-refractivity contribution in [2.45, 2.75) is 25.1 Å². The number of aliphatic hydroxyl groups is 1. The maximum absolute atomic E-state index is 11.2. The fraction of sp³-hybridized carbons (Fsp3) is 0.417. The topological polar surface area (TPSA) is 66.6 Å². The summed E-state index contributed by atoms with van der Waals surface area (Å²) in [5.74, 6) is -0.354. The van der Waals surface area contributed by atoms with E-state index in [9.17, 15) is 9.90 Å². The van der Waals surface area contributed by atoms with Crippen LogP contribution < -0.4 is 5.73 Å². The summed E-state index contributed by atoms with van der Waals surface area (Å²) >= 11 is 0. The van der Waals surface area contributed by atoms with Crippen LogP contribution in [-0.4, -0.2) is 34.6 Å². The smallest absolute Gasteiger partial charge is 0.234 e. The number of hydrogen-bond acceptors (Lipinski definition) is 3. The van der Waals surface area contributed by atoms with E-state index in [1.807, 2.05) is 35.2 Å². The molecule has 1 aromatic carbocycles. The van der Waals surface area contributed by atoms with Gasteiger partial charge < -0.3 is 10.8 Å². The molecule has 2 unspecified atom stereocenters. The van der Waals surface area contributed by atoms with Gasteiger partial charge in [-0.1, -0.05) is 30.3 Å². The minimum absolute atomic E-state index is 0.338. The number of amides is 1. The molecular formula is C12H16N2O2. The zero-order valence-electron chi connectivity index (χ0n) is 9.04. The molecule has 3 N–H and O–H groups in total. The third-order valence-corrected chi connectivity index (χ3v) is 2.94. The van der Waals surface area contributed by atoms with Crippen molar-refractivity contribution in [1.29, 1.82) is 0 Å². The molecule has 4 heteroatoms. The lowest BCUT2D eigenvalue weighted by atomic mass is 10.1.